The van der Waals surface area contributed by atoms with Crippen molar-refractivity contribution in [2.24, 2.45) is 0 Å². The van der Waals surface area contributed by atoms with Crippen LogP contribution in [-0.2, 0) is 16.0 Å². The number of amides is 2. The first-order valence-electron chi connectivity index (χ1n) is 8.76. The molecule has 128 valence electrons. The van der Waals surface area contributed by atoms with Crippen LogP contribution >= 0.6 is 0 Å². The lowest BCUT2D eigenvalue weighted by Gasteiger charge is -2.26. The van der Waals surface area contributed by atoms with E-state index in [2.05, 4.69) is 10.3 Å². The number of rotatable bonds is 4. The minimum absolute atomic E-state index is 0.0392. The highest BCUT2D eigenvalue weighted by Gasteiger charge is 2.26. The van der Waals surface area contributed by atoms with Crippen LogP contribution < -0.4 is 5.32 Å². The molecule has 0 radical (unpaired) electrons. The zero-order valence-electron chi connectivity index (χ0n) is 14.2. The highest BCUT2D eigenvalue weighted by atomic mass is 16.2. The Morgan fingerprint density at radius 1 is 1.17 bits per heavy atom. The van der Waals surface area contributed by atoms with Gasteiger partial charge in [-0.3, -0.25) is 9.59 Å². The number of carbonyl (C=O) groups excluding carboxylic acids is 2. The Hall–Kier alpha value is -2.30. The van der Waals surface area contributed by atoms with Crippen LogP contribution in [0.2, 0.25) is 0 Å². The van der Waals surface area contributed by atoms with Crippen LogP contribution in [0, 0.1) is 0 Å². The Balaban J connectivity index is 1.80. The van der Waals surface area contributed by atoms with E-state index in [4.69, 9.17) is 0 Å². The Kier molecular flexibility index (Phi) is 5.18. The van der Waals surface area contributed by atoms with Gasteiger partial charge in [0.05, 0.1) is 0 Å². The molecule has 1 aromatic carbocycles. The molecule has 24 heavy (non-hydrogen) atoms. The normalized spacial score (nSPS) is 16.6. The summed E-state index contributed by atoms with van der Waals surface area (Å²) in [6, 6.07) is 7.53. The molecule has 0 spiro atoms. The summed E-state index contributed by atoms with van der Waals surface area (Å²) in [4.78, 5) is 29.7. The number of benzene rings is 1. The van der Waals surface area contributed by atoms with Crippen LogP contribution in [-0.4, -0.2) is 40.8 Å². The summed E-state index contributed by atoms with van der Waals surface area (Å²) in [7, 11) is 0. The third-order valence-corrected chi connectivity index (χ3v) is 4.69. The fourth-order valence-corrected chi connectivity index (χ4v) is 3.48. The van der Waals surface area contributed by atoms with E-state index >= 15 is 0 Å². The molecular formula is C19H25N3O2. The van der Waals surface area contributed by atoms with Crippen LogP contribution in [0.15, 0.2) is 30.5 Å². The summed E-state index contributed by atoms with van der Waals surface area (Å²) in [6.45, 7) is 3.06. The van der Waals surface area contributed by atoms with Crippen LogP contribution in [0.3, 0.4) is 0 Å². The van der Waals surface area contributed by atoms with Crippen molar-refractivity contribution < 1.29 is 9.59 Å². The van der Waals surface area contributed by atoms with Gasteiger partial charge in [-0.15, -0.1) is 0 Å². The Bertz CT molecular complexity index is 714. The number of H-pyrrole nitrogens is 1. The molecule has 1 fully saturated rings. The van der Waals surface area contributed by atoms with E-state index in [1.165, 1.54) is 19.8 Å². The van der Waals surface area contributed by atoms with Crippen molar-refractivity contribution in [3.05, 3.63) is 36.0 Å². The van der Waals surface area contributed by atoms with Crippen molar-refractivity contribution in [2.45, 2.75) is 45.1 Å². The molecule has 0 saturated carbocycles. The van der Waals surface area contributed by atoms with Crippen molar-refractivity contribution in [1.82, 2.24) is 15.2 Å². The lowest BCUT2D eigenvalue weighted by molar-refractivity contribution is -0.136. The average Bonchev–Trinajstić information content (AvgIpc) is 2.79. The Morgan fingerprint density at radius 2 is 1.88 bits per heavy atom. The average molecular weight is 327 g/mol. The van der Waals surface area contributed by atoms with Crippen LogP contribution in [0.4, 0.5) is 0 Å². The molecule has 5 heteroatoms. The van der Waals surface area contributed by atoms with Gasteiger partial charge in [-0.25, -0.2) is 0 Å². The maximum atomic E-state index is 12.9. The molecule has 3 rings (SSSR count). The largest absolute Gasteiger partial charge is 0.361 e. The first-order chi connectivity index (χ1) is 11.6. The minimum atomic E-state index is -0.500. The summed E-state index contributed by atoms with van der Waals surface area (Å²) >= 11 is 0. The number of carbonyl (C=O) groups is 2. The molecule has 1 aromatic heterocycles. The minimum Gasteiger partial charge on any atom is -0.361 e. The monoisotopic (exact) mass is 327 g/mol. The van der Waals surface area contributed by atoms with E-state index in [9.17, 15) is 9.59 Å². The van der Waals surface area contributed by atoms with Crippen molar-refractivity contribution in [3.8, 4) is 0 Å². The molecule has 2 aromatic rings. The summed E-state index contributed by atoms with van der Waals surface area (Å²) in [5.41, 5.74) is 2.11. The summed E-state index contributed by atoms with van der Waals surface area (Å²) in [6.07, 6.45) is 6.90. The molecule has 0 aliphatic carbocycles. The number of fused-ring (bicyclic) bond motifs is 1. The van der Waals surface area contributed by atoms with Crippen molar-refractivity contribution in [1.29, 1.82) is 0 Å². The molecule has 0 unspecified atom stereocenters. The van der Waals surface area contributed by atoms with Gasteiger partial charge in [-0.2, -0.15) is 0 Å². The SMILES string of the molecule is CC(=O)N[C@@H](Cc1c[nH]c2ccccc12)C(=O)N1CCCCCC1. The number of likely N-dealkylation sites (tertiary alicyclic amines) is 1. The smallest absolute Gasteiger partial charge is 0.245 e. The number of nitrogens with one attached hydrogen (secondary N) is 2. The van der Waals surface area contributed by atoms with E-state index in [-0.39, 0.29) is 11.8 Å². The first kappa shape index (κ1) is 16.6. The second kappa shape index (κ2) is 7.51. The van der Waals surface area contributed by atoms with Crippen molar-refractivity contribution >= 4 is 22.7 Å². The lowest BCUT2D eigenvalue weighted by Crippen LogP contribution is -2.49. The molecule has 1 saturated heterocycles. The fourth-order valence-electron chi connectivity index (χ4n) is 3.48. The standard InChI is InChI=1S/C19H25N3O2/c1-14(23)21-18(19(24)22-10-6-2-3-7-11-22)12-15-13-20-17-9-5-4-8-16(15)17/h4-5,8-9,13,18,20H,2-3,6-7,10-12H2,1H3,(H,21,23)/t18-/m0/s1. The molecule has 5 nitrogen and oxygen atoms in total. The number of aromatic nitrogens is 1. The molecule has 2 amide bonds. The summed E-state index contributed by atoms with van der Waals surface area (Å²) < 4.78 is 0. The third kappa shape index (κ3) is 3.78. The van der Waals surface area contributed by atoms with Gasteiger partial charge >= 0.3 is 0 Å². The molecule has 1 aliphatic rings. The molecule has 2 N–H and O–H groups in total. The number of aromatic amines is 1. The number of para-hydroxylation sites is 1. The van der Waals surface area contributed by atoms with E-state index in [0.717, 1.165) is 42.4 Å². The molecule has 2 heterocycles. The highest BCUT2D eigenvalue weighted by Crippen LogP contribution is 2.20. The maximum absolute atomic E-state index is 12.9. The van der Waals surface area contributed by atoms with E-state index in [1.807, 2.05) is 35.4 Å². The Morgan fingerprint density at radius 3 is 2.58 bits per heavy atom. The topological polar surface area (TPSA) is 65.2 Å². The van der Waals surface area contributed by atoms with Gasteiger partial charge in [-0.1, -0.05) is 31.0 Å². The quantitative estimate of drug-likeness (QED) is 0.906. The van der Waals surface area contributed by atoms with Gasteiger partial charge in [0.25, 0.3) is 0 Å². The molecule has 1 aliphatic heterocycles. The van der Waals surface area contributed by atoms with E-state index in [0.29, 0.717) is 6.42 Å². The number of hydrogen-bond acceptors (Lipinski definition) is 2. The van der Waals surface area contributed by atoms with E-state index in [1.54, 1.807) is 0 Å². The van der Waals surface area contributed by atoms with Crippen molar-refractivity contribution in [3.63, 3.8) is 0 Å². The van der Waals surface area contributed by atoms with Crippen LogP contribution in [0.5, 0.6) is 0 Å². The zero-order chi connectivity index (χ0) is 16.9. The third-order valence-electron chi connectivity index (χ3n) is 4.69. The van der Waals surface area contributed by atoms with Gasteiger partial charge in [0.15, 0.2) is 0 Å². The van der Waals surface area contributed by atoms with Crippen LogP contribution in [0.1, 0.15) is 38.2 Å². The van der Waals surface area contributed by atoms with Gasteiger partial charge in [0.1, 0.15) is 6.04 Å². The zero-order valence-corrected chi connectivity index (χ0v) is 14.2. The van der Waals surface area contributed by atoms with Gasteiger partial charge in [0.2, 0.25) is 11.8 Å². The predicted octanol–water partition coefficient (Wildman–Crippen LogP) is 2.62. The molecule has 1 atom stereocenters. The lowest BCUT2D eigenvalue weighted by atomic mass is 10.0. The number of hydrogen-bond donors (Lipinski definition) is 2. The first-order valence-corrected chi connectivity index (χ1v) is 8.76. The molecular weight excluding hydrogens is 302 g/mol. The highest BCUT2D eigenvalue weighted by molar-refractivity contribution is 5.89. The second-order valence-corrected chi connectivity index (χ2v) is 6.56. The van der Waals surface area contributed by atoms with Gasteiger partial charge < -0.3 is 15.2 Å². The fraction of sp³-hybridized carbons (Fsp3) is 0.474. The van der Waals surface area contributed by atoms with Crippen LogP contribution in [0.25, 0.3) is 10.9 Å². The predicted molar refractivity (Wildman–Crippen MR) is 94.7 cm³/mol. The second-order valence-electron chi connectivity index (χ2n) is 6.56. The van der Waals surface area contributed by atoms with Crippen molar-refractivity contribution in [2.75, 3.05) is 13.1 Å². The van der Waals surface area contributed by atoms with Gasteiger partial charge in [-0.05, 0) is 24.5 Å². The van der Waals surface area contributed by atoms with Gasteiger partial charge in [0, 0.05) is 43.5 Å². The molecule has 0 bridgehead atoms. The summed E-state index contributed by atoms with van der Waals surface area (Å²) in [5, 5.41) is 3.96. The van der Waals surface area contributed by atoms with E-state index < -0.39 is 6.04 Å². The number of nitrogens with zero attached hydrogens (tertiary/aromatic N) is 1. The maximum Gasteiger partial charge on any atom is 0.245 e. The summed E-state index contributed by atoms with van der Waals surface area (Å²) in [5.74, 6) is -0.125. The Labute approximate surface area is 142 Å².